The summed E-state index contributed by atoms with van der Waals surface area (Å²) in [4.78, 5) is 4.11. The number of nitrogens with zero attached hydrogens (tertiary/aromatic N) is 2. The van der Waals surface area contributed by atoms with Crippen LogP contribution in [0.15, 0.2) is 22.7 Å². The summed E-state index contributed by atoms with van der Waals surface area (Å²) in [6.45, 7) is 1.80. The second kappa shape index (κ2) is 7.36. The van der Waals surface area contributed by atoms with E-state index in [-0.39, 0.29) is 29.3 Å². The molecular formula is C15H17ClFN3O4S. The van der Waals surface area contributed by atoms with E-state index in [1.165, 1.54) is 12.1 Å². The van der Waals surface area contributed by atoms with Gasteiger partial charge >= 0.3 is 0 Å². The number of ether oxygens (including phenoxy) is 1. The molecule has 136 valence electrons. The Hall–Kier alpha value is -1.55. The van der Waals surface area contributed by atoms with Crippen molar-refractivity contribution in [2.45, 2.75) is 37.7 Å². The first-order valence-electron chi connectivity index (χ1n) is 7.69. The zero-order chi connectivity index (χ0) is 18.0. The summed E-state index contributed by atoms with van der Waals surface area (Å²) in [5.74, 6) is -0.188. The fraction of sp³-hybridized carbons (Fsp3) is 0.467. The molecule has 0 radical (unpaired) electrons. The maximum absolute atomic E-state index is 13.7. The van der Waals surface area contributed by atoms with E-state index in [0.717, 1.165) is 6.07 Å². The van der Waals surface area contributed by atoms with Gasteiger partial charge in [0, 0.05) is 17.1 Å². The van der Waals surface area contributed by atoms with E-state index in [2.05, 4.69) is 14.9 Å². The van der Waals surface area contributed by atoms with Crippen LogP contribution in [0.2, 0.25) is 5.02 Å². The molecule has 0 aliphatic carbocycles. The van der Waals surface area contributed by atoms with Gasteiger partial charge in [0.05, 0.1) is 11.9 Å². The number of nitrogens with one attached hydrogen (secondary N) is 1. The van der Waals surface area contributed by atoms with Gasteiger partial charge in [0.2, 0.25) is 10.0 Å². The highest BCUT2D eigenvalue weighted by atomic mass is 35.5. The Morgan fingerprint density at radius 1 is 1.40 bits per heavy atom. The van der Waals surface area contributed by atoms with Crippen molar-refractivity contribution in [2.24, 2.45) is 0 Å². The van der Waals surface area contributed by atoms with Crippen LogP contribution >= 0.6 is 11.6 Å². The number of aromatic nitrogens is 2. The molecule has 10 heteroatoms. The molecule has 25 heavy (non-hydrogen) atoms. The summed E-state index contributed by atoms with van der Waals surface area (Å²) in [5.41, 5.74) is 0.0200. The van der Waals surface area contributed by atoms with Crippen molar-refractivity contribution in [1.29, 1.82) is 0 Å². The second-order valence-electron chi connectivity index (χ2n) is 5.85. The minimum absolute atomic E-state index is 0.0200. The molecule has 0 spiro atoms. The first-order chi connectivity index (χ1) is 11.8. The van der Waals surface area contributed by atoms with Crippen molar-refractivity contribution >= 4 is 21.6 Å². The summed E-state index contributed by atoms with van der Waals surface area (Å²) >= 11 is 5.78. The van der Waals surface area contributed by atoms with Crippen LogP contribution in [-0.2, 0) is 20.5 Å². The predicted octanol–water partition coefficient (Wildman–Crippen LogP) is 2.51. The number of aryl methyl sites for hydroxylation is 1. The Labute approximate surface area is 149 Å². The third-order valence-corrected chi connectivity index (χ3v) is 5.34. The molecule has 1 aliphatic heterocycles. The van der Waals surface area contributed by atoms with Crippen LogP contribution in [0.5, 0.6) is 0 Å². The smallest absolute Gasteiger partial charge is 0.255 e. The van der Waals surface area contributed by atoms with Gasteiger partial charge in [0.1, 0.15) is 11.9 Å². The Kier molecular flexibility index (Phi) is 5.38. The second-order valence-corrected chi connectivity index (χ2v) is 8.09. The van der Waals surface area contributed by atoms with Crippen LogP contribution in [0.1, 0.15) is 36.2 Å². The number of hydrogen-bond acceptors (Lipinski definition) is 6. The van der Waals surface area contributed by atoms with Gasteiger partial charge in [-0.3, -0.25) is 0 Å². The maximum atomic E-state index is 13.7. The summed E-state index contributed by atoms with van der Waals surface area (Å²) in [6, 6.07) is 3.81. The normalized spacial score (nSPS) is 20.9. The standard InChI is InChI=1S/C15H17ClFN3O4S/c1-9-19-15(24-20-9)14-5-3-12(23-14)7-18-25(21,22)8-10-6-11(16)2-4-13(10)17/h2,4,6,12,14,18H,3,5,7-8H2,1H3/t12-,14+/m1/s1. The Bertz CT molecular complexity index is 858. The molecule has 3 rings (SSSR count). The van der Waals surface area contributed by atoms with Gasteiger partial charge in [0.25, 0.3) is 5.89 Å². The van der Waals surface area contributed by atoms with Crippen LogP contribution in [0.4, 0.5) is 4.39 Å². The number of rotatable bonds is 6. The molecule has 0 amide bonds. The number of benzene rings is 1. The molecule has 2 atom stereocenters. The molecular weight excluding hydrogens is 373 g/mol. The molecule has 1 aliphatic rings. The highest BCUT2D eigenvalue weighted by Crippen LogP contribution is 2.31. The number of hydrogen-bond donors (Lipinski definition) is 1. The van der Waals surface area contributed by atoms with Gasteiger partial charge in [-0.25, -0.2) is 17.5 Å². The third-order valence-electron chi connectivity index (χ3n) is 3.81. The number of halogens is 2. The lowest BCUT2D eigenvalue weighted by atomic mass is 10.2. The average Bonchev–Trinajstić information content (AvgIpc) is 3.17. The van der Waals surface area contributed by atoms with E-state index in [1.807, 2.05) is 0 Å². The third kappa shape index (κ3) is 4.75. The molecule has 1 aromatic carbocycles. The van der Waals surface area contributed by atoms with Crippen molar-refractivity contribution in [3.8, 4) is 0 Å². The number of sulfonamides is 1. The SMILES string of the molecule is Cc1noc([C@@H]2CC[C@H](CNS(=O)(=O)Cc3cc(Cl)ccc3F)O2)n1. The zero-order valence-electron chi connectivity index (χ0n) is 13.4. The predicted molar refractivity (Wildman–Crippen MR) is 87.9 cm³/mol. The van der Waals surface area contributed by atoms with E-state index in [1.54, 1.807) is 6.92 Å². The molecule has 1 N–H and O–H groups in total. The van der Waals surface area contributed by atoms with E-state index >= 15 is 0 Å². The van der Waals surface area contributed by atoms with E-state index in [0.29, 0.717) is 24.6 Å². The quantitative estimate of drug-likeness (QED) is 0.815. The first-order valence-corrected chi connectivity index (χ1v) is 9.72. The molecule has 1 fully saturated rings. The van der Waals surface area contributed by atoms with Crippen molar-refractivity contribution < 1.29 is 22.1 Å². The van der Waals surface area contributed by atoms with E-state index in [9.17, 15) is 12.8 Å². The summed E-state index contributed by atoms with van der Waals surface area (Å²) < 4.78 is 51.2. The fourth-order valence-electron chi connectivity index (χ4n) is 2.61. The summed E-state index contributed by atoms with van der Waals surface area (Å²) in [7, 11) is -3.72. The highest BCUT2D eigenvalue weighted by Gasteiger charge is 2.31. The van der Waals surface area contributed by atoms with Crippen LogP contribution in [-0.4, -0.2) is 31.2 Å². The Morgan fingerprint density at radius 3 is 2.92 bits per heavy atom. The van der Waals surface area contributed by atoms with Gasteiger partial charge < -0.3 is 9.26 Å². The van der Waals surface area contributed by atoms with Gasteiger partial charge in [-0.1, -0.05) is 16.8 Å². The minimum atomic E-state index is -3.72. The van der Waals surface area contributed by atoms with Gasteiger partial charge in [-0.15, -0.1) is 0 Å². The van der Waals surface area contributed by atoms with Crippen molar-refractivity contribution in [3.05, 3.63) is 46.3 Å². The van der Waals surface area contributed by atoms with Crippen LogP contribution in [0.25, 0.3) is 0 Å². The monoisotopic (exact) mass is 389 g/mol. The van der Waals surface area contributed by atoms with Crippen molar-refractivity contribution in [2.75, 3.05) is 6.54 Å². The molecule has 2 heterocycles. The summed E-state index contributed by atoms with van der Waals surface area (Å²) in [5, 5.41) is 3.99. The lowest BCUT2D eigenvalue weighted by Crippen LogP contribution is -2.33. The maximum Gasteiger partial charge on any atom is 0.255 e. The molecule has 1 aromatic heterocycles. The van der Waals surface area contributed by atoms with Crippen molar-refractivity contribution in [1.82, 2.24) is 14.9 Å². The van der Waals surface area contributed by atoms with Crippen LogP contribution in [0.3, 0.4) is 0 Å². The molecule has 0 unspecified atom stereocenters. The minimum Gasteiger partial charge on any atom is -0.364 e. The highest BCUT2D eigenvalue weighted by molar-refractivity contribution is 7.88. The molecule has 1 saturated heterocycles. The van der Waals surface area contributed by atoms with Crippen LogP contribution in [0, 0.1) is 12.7 Å². The molecule has 0 bridgehead atoms. The topological polar surface area (TPSA) is 94.3 Å². The van der Waals surface area contributed by atoms with E-state index < -0.39 is 21.6 Å². The molecule has 7 nitrogen and oxygen atoms in total. The van der Waals surface area contributed by atoms with Gasteiger partial charge in [-0.05, 0) is 38.0 Å². The van der Waals surface area contributed by atoms with E-state index in [4.69, 9.17) is 20.9 Å². The lowest BCUT2D eigenvalue weighted by Gasteiger charge is -2.13. The zero-order valence-corrected chi connectivity index (χ0v) is 15.0. The fourth-order valence-corrected chi connectivity index (χ4v) is 3.98. The Balaban J connectivity index is 1.55. The first kappa shape index (κ1) is 18.2. The van der Waals surface area contributed by atoms with Gasteiger partial charge in [0.15, 0.2) is 5.82 Å². The average molecular weight is 390 g/mol. The lowest BCUT2D eigenvalue weighted by molar-refractivity contribution is 0.0290. The Morgan fingerprint density at radius 2 is 2.20 bits per heavy atom. The molecule has 2 aromatic rings. The largest absolute Gasteiger partial charge is 0.364 e. The van der Waals surface area contributed by atoms with Crippen molar-refractivity contribution in [3.63, 3.8) is 0 Å². The van der Waals surface area contributed by atoms with Gasteiger partial charge in [-0.2, -0.15) is 4.98 Å². The molecule has 0 saturated carbocycles. The van der Waals surface area contributed by atoms with Crippen LogP contribution < -0.4 is 4.72 Å². The summed E-state index contributed by atoms with van der Waals surface area (Å²) in [6.07, 6.45) is 0.675.